The minimum absolute atomic E-state index is 0.0974. The van der Waals surface area contributed by atoms with Gasteiger partial charge in [0.2, 0.25) is 0 Å². The number of hydrogen-bond donors (Lipinski definition) is 1. The van der Waals surface area contributed by atoms with Crippen LogP contribution in [0, 0.1) is 0 Å². The normalized spacial score (nSPS) is 32.9. The number of rotatable bonds is 3. The predicted molar refractivity (Wildman–Crippen MR) is 32.2 cm³/mol. The van der Waals surface area contributed by atoms with E-state index >= 15 is 0 Å². The van der Waals surface area contributed by atoms with Gasteiger partial charge in [0.25, 0.3) is 0 Å². The minimum Gasteiger partial charge on any atom is -0.330 e. The second-order valence-electron chi connectivity index (χ2n) is 1.03. The maximum atomic E-state index is 7.39. The molecule has 0 atom stereocenters. The van der Waals surface area contributed by atoms with Crippen molar-refractivity contribution in [3.63, 3.8) is 0 Å². The second-order valence-corrected chi connectivity index (χ2v) is 1.03. The average molecular weight is 110 g/mol. The van der Waals surface area contributed by atoms with Gasteiger partial charge >= 0.3 is 0 Å². The van der Waals surface area contributed by atoms with Gasteiger partial charge in [-0.15, -0.1) is 0 Å². The molecule has 2 nitrogen and oxygen atoms in total. The molecular weight excluding hydrogens is 88.1 g/mol. The molecule has 0 aromatic carbocycles. The van der Waals surface area contributed by atoms with E-state index in [9.17, 15) is 0 Å². The van der Waals surface area contributed by atoms with Crippen LogP contribution in [0.2, 0.25) is 0 Å². The van der Waals surface area contributed by atoms with Gasteiger partial charge in [-0.2, -0.15) is 0 Å². The maximum Gasteiger partial charge on any atom is 0.0431 e. The third-order valence-electron chi connectivity index (χ3n) is 0.414. The Labute approximate surface area is 56.5 Å². The van der Waals surface area contributed by atoms with Crippen molar-refractivity contribution in [3.8, 4) is 0 Å². The lowest BCUT2D eigenvalue weighted by atomic mass is 10.4. The summed E-state index contributed by atoms with van der Waals surface area (Å²) in [6.45, 7) is -8.66. The Morgan fingerprint density at radius 3 is 3.00 bits per heavy atom. The summed E-state index contributed by atoms with van der Waals surface area (Å²) in [6.07, 6.45) is -0.357. The van der Waals surface area contributed by atoms with Crippen molar-refractivity contribution in [3.05, 3.63) is 0 Å². The number of hydrogen-bond acceptors (Lipinski definition) is 2. The molecule has 0 fully saturated rings. The molecule has 2 heteroatoms. The molecule has 2 N–H and O–H groups in total. The monoisotopic (exact) mass is 110 g/mol. The molecular formula is C5H14N2. The first kappa shape index (κ1) is 1.25. The second kappa shape index (κ2) is 4.09. The largest absolute Gasteiger partial charge is 0.330 e. The van der Waals surface area contributed by atoms with Crippen LogP contribution in [0.25, 0.3) is 0 Å². The predicted octanol–water partition coefficient (Wildman–Crippen LogP) is -0.103. The van der Waals surface area contributed by atoms with Crippen molar-refractivity contribution >= 4 is 0 Å². The highest BCUT2D eigenvalue weighted by molar-refractivity contribution is 4.42. The van der Waals surface area contributed by atoms with Gasteiger partial charge in [0, 0.05) is 11.0 Å². The van der Waals surface area contributed by atoms with Crippen LogP contribution in [-0.4, -0.2) is 31.9 Å². The van der Waals surface area contributed by atoms with E-state index in [1.165, 1.54) is 0 Å². The molecule has 0 heterocycles. The van der Waals surface area contributed by atoms with Crippen LogP contribution in [0.5, 0.6) is 0 Å². The van der Waals surface area contributed by atoms with Crippen LogP contribution in [0.3, 0.4) is 0 Å². The van der Waals surface area contributed by atoms with Crippen LogP contribution in [0.1, 0.15) is 17.4 Å². The molecule has 0 aliphatic heterocycles. The third-order valence-corrected chi connectivity index (χ3v) is 0.414. The Morgan fingerprint density at radius 1 is 1.86 bits per heavy atom. The summed E-state index contributed by atoms with van der Waals surface area (Å²) in [7, 11) is 0. The molecule has 0 radical (unpaired) electrons. The zero-order valence-corrected chi connectivity index (χ0v) is 3.94. The lowest BCUT2D eigenvalue weighted by molar-refractivity contribution is 0.403. The molecule has 7 heavy (non-hydrogen) atoms. The summed E-state index contributed by atoms with van der Waals surface area (Å²) >= 11 is 0. The molecule has 0 aliphatic rings. The summed E-state index contributed by atoms with van der Waals surface area (Å²) in [5, 5.41) is 0. The Balaban J connectivity index is 5.13. The standard InChI is InChI=1S/C5H14N2/c1-7(2)5-3-4-6/h3-6H2,1-2H3/i1D3,2D3,5D2. The molecule has 0 aliphatic carbocycles. The Morgan fingerprint density at radius 2 is 2.57 bits per heavy atom. The highest BCUT2D eigenvalue weighted by atomic mass is 15.0. The van der Waals surface area contributed by atoms with Crippen LogP contribution in [-0.2, 0) is 0 Å². The molecule has 0 bridgehead atoms. The van der Waals surface area contributed by atoms with E-state index in [-0.39, 0.29) is 17.9 Å². The first-order valence-corrected chi connectivity index (χ1v) is 1.93. The Kier molecular flexibility index (Phi) is 0.731. The molecule has 0 spiro atoms. The zero-order chi connectivity index (χ0) is 12.5. The molecule has 0 rings (SSSR count). The van der Waals surface area contributed by atoms with Gasteiger partial charge in [-0.25, -0.2) is 0 Å². The minimum atomic E-state index is -3.02. The van der Waals surface area contributed by atoms with Crippen molar-refractivity contribution < 1.29 is 11.0 Å². The summed E-state index contributed by atoms with van der Waals surface area (Å²) in [5.41, 5.74) is 5.10. The van der Waals surface area contributed by atoms with E-state index in [4.69, 9.17) is 16.7 Å². The number of nitrogens with two attached hydrogens (primary N) is 1. The summed E-state index contributed by atoms with van der Waals surface area (Å²) in [5.74, 6) is 0. The highest BCUT2D eigenvalue weighted by Gasteiger charge is 1.83. The lowest BCUT2D eigenvalue weighted by Gasteiger charge is -2.05. The summed E-state index contributed by atoms with van der Waals surface area (Å²) < 4.78 is 56.8. The molecule has 0 saturated heterocycles. The fraction of sp³-hybridized carbons (Fsp3) is 1.00. The Hall–Kier alpha value is -0.0800. The van der Waals surface area contributed by atoms with Crippen LogP contribution < -0.4 is 5.73 Å². The SMILES string of the molecule is [2H]C([2H])([2H])N(C([2H])([2H])[2H])C([2H])([2H])CCN. The van der Waals surface area contributed by atoms with Gasteiger partial charge in [-0.05, 0) is 33.4 Å². The summed E-state index contributed by atoms with van der Waals surface area (Å²) in [6, 6.07) is 0. The van der Waals surface area contributed by atoms with Crippen LogP contribution in [0.4, 0.5) is 0 Å². The van der Waals surface area contributed by atoms with E-state index < -0.39 is 20.4 Å². The van der Waals surface area contributed by atoms with Gasteiger partial charge in [0.15, 0.2) is 0 Å². The fourth-order valence-corrected chi connectivity index (χ4v) is 0.176. The molecule has 44 valence electrons. The van der Waals surface area contributed by atoms with Gasteiger partial charge in [0.05, 0.1) is 0 Å². The Bertz CT molecular complexity index is 192. The van der Waals surface area contributed by atoms with Gasteiger partial charge in [-0.3, -0.25) is 0 Å². The average Bonchev–Trinajstić information content (AvgIpc) is 1.75. The molecule has 0 amide bonds. The first-order valence-electron chi connectivity index (χ1n) is 5.93. The third kappa shape index (κ3) is 5.92. The summed E-state index contributed by atoms with van der Waals surface area (Å²) in [4.78, 5) is -0.0974. The quantitative estimate of drug-likeness (QED) is 0.549. The zero-order valence-electron chi connectivity index (χ0n) is 11.9. The van der Waals surface area contributed by atoms with E-state index in [1.54, 1.807) is 0 Å². The van der Waals surface area contributed by atoms with E-state index in [0.29, 0.717) is 0 Å². The van der Waals surface area contributed by atoms with Crippen LogP contribution >= 0.6 is 0 Å². The molecule has 0 unspecified atom stereocenters. The van der Waals surface area contributed by atoms with Gasteiger partial charge < -0.3 is 10.6 Å². The van der Waals surface area contributed by atoms with E-state index in [2.05, 4.69) is 0 Å². The van der Waals surface area contributed by atoms with Crippen molar-refractivity contribution in [1.82, 2.24) is 4.90 Å². The van der Waals surface area contributed by atoms with E-state index in [1.807, 2.05) is 0 Å². The number of nitrogens with zero attached hydrogens (tertiary/aromatic N) is 1. The van der Waals surface area contributed by atoms with Gasteiger partial charge in [0.1, 0.15) is 0 Å². The topological polar surface area (TPSA) is 29.3 Å². The van der Waals surface area contributed by atoms with Gasteiger partial charge in [-0.1, -0.05) is 0 Å². The maximum absolute atomic E-state index is 7.39. The van der Waals surface area contributed by atoms with Crippen molar-refractivity contribution in [2.24, 2.45) is 5.73 Å². The van der Waals surface area contributed by atoms with Crippen molar-refractivity contribution in [2.45, 2.75) is 6.42 Å². The molecule has 0 aromatic rings. The lowest BCUT2D eigenvalue weighted by Crippen LogP contribution is -2.16. The highest BCUT2D eigenvalue weighted by Crippen LogP contribution is 1.76. The molecule has 0 saturated carbocycles. The van der Waals surface area contributed by atoms with Crippen molar-refractivity contribution in [1.29, 1.82) is 0 Å². The van der Waals surface area contributed by atoms with E-state index in [0.717, 1.165) is 0 Å². The fourth-order valence-electron chi connectivity index (χ4n) is 0.176. The first-order chi connectivity index (χ1) is 6.43. The smallest absolute Gasteiger partial charge is 0.0431 e. The van der Waals surface area contributed by atoms with Crippen molar-refractivity contribution in [2.75, 3.05) is 27.0 Å². The molecule has 0 aromatic heterocycles. The van der Waals surface area contributed by atoms with Crippen LogP contribution in [0.15, 0.2) is 0 Å².